The van der Waals surface area contributed by atoms with E-state index in [9.17, 15) is 0 Å². The van der Waals surface area contributed by atoms with E-state index in [1.165, 1.54) is 0 Å². The molecule has 0 radical (unpaired) electrons. The second kappa shape index (κ2) is 14.4. The van der Waals surface area contributed by atoms with Gasteiger partial charge in [0.2, 0.25) is 0 Å². The molecule has 1 aliphatic heterocycles. The van der Waals surface area contributed by atoms with Gasteiger partial charge in [0.1, 0.15) is 11.5 Å². The Morgan fingerprint density at radius 1 is 0.274 bits per heavy atom. The molecule has 0 saturated carbocycles. The van der Waals surface area contributed by atoms with Crippen molar-refractivity contribution in [2.75, 3.05) is 0 Å². The monoisotopic (exact) mass is 794 g/mol. The van der Waals surface area contributed by atoms with Crippen LogP contribution in [0.1, 0.15) is 22.3 Å². The Morgan fingerprint density at radius 2 is 0.677 bits per heavy atom. The maximum atomic E-state index is 7.05. The van der Waals surface area contributed by atoms with Crippen molar-refractivity contribution in [3.8, 4) is 91.0 Å². The first-order chi connectivity index (χ1) is 30.7. The van der Waals surface area contributed by atoms with Crippen molar-refractivity contribution in [3.63, 3.8) is 0 Å². The molecule has 1 atom stereocenters. The predicted molar refractivity (Wildman–Crippen MR) is 243 cm³/mol. The zero-order valence-corrected chi connectivity index (χ0v) is 33.2. The maximum absolute atomic E-state index is 7.05. The number of ether oxygens (including phenoxy) is 1. The van der Waals surface area contributed by atoms with Crippen LogP contribution in [-0.4, -0.2) is 29.9 Å². The topological polar surface area (TPSA) is 86.6 Å². The molecule has 10 aromatic rings. The van der Waals surface area contributed by atoms with Gasteiger partial charge >= 0.3 is 0 Å². The van der Waals surface area contributed by atoms with E-state index >= 15 is 0 Å². The van der Waals surface area contributed by atoms with E-state index in [1.807, 2.05) is 127 Å². The van der Waals surface area contributed by atoms with E-state index < -0.39 is 5.41 Å². The van der Waals surface area contributed by atoms with E-state index in [0.29, 0.717) is 40.7 Å². The first kappa shape index (κ1) is 35.5. The third kappa shape index (κ3) is 5.67. The van der Waals surface area contributed by atoms with Crippen LogP contribution in [-0.2, 0) is 5.41 Å². The van der Waals surface area contributed by atoms with Gasteiger partial charge in [0, 0.05) is 38.9 Å². The summed E-state index contributed by atoms with van der Waals surface area (Å²) in [4.78, 5) is 30.4. The van der Waals surface area contributed by atoms with E-state index in [-0.39, 0.29) is 0 Å². The summed E-state index contributed by atoms with van der Waals surface area (Å²) in [5, 5.41) is 0. The summed E-state index contributed by atoms with van der Waals surface area (Å²) in [5.41, 5.74) is 11.2. The van der Waals surface area contributed by atoms with Gasteiger partial charge < -0.3 is 4.74 Å². The molecular formula is C55H34N6O. The van der Waals surface area contributed by atoms with Crippen molar-refractivity contribution in [2.24, 2.45) is 0 Å². The fourth-order valence-electron chi connectivity index (χ4n) is 9.11. The van der Waals surface area contributed by atoms with Gasteiger partial charge in [0.25, 0.3) is 0 Å². The molecule has 1 aliphatic carbocycles. The van der Waals surface area contributed by atoms with E-state index in [4.69, 9.17) is 34.6 Å². The lowest BCUT2D eigenvalue weighted by Gasteiger charge is -2.40. The smallest absolute Gasteiger partial charge is 0.167 e. The highest BCUT2D eigenvalue weighted by molar-refractivity contribution is 5.91. The lowest BCUT2D eigenvalue weighted by molar-refractivity contribution is 0.437. The number of fused-ring (bicyclic) bond motifs is 9. The molecule has 7 heteroatoms. The molecule has 1 unspecified atom stereocenters. The van der Waals surface area contributed by atoms with E-state index in [0.717, 1.165) is 72.5 Å². The second-order valence-electron chi connectivity index (χ2n) is 15.4. The molecule has 0 saturated heterocycles. The van der Waals surface area contributed by atoms with Crippen LogP contribution in [0.3, 0.4) is 0 Å². The van der Waals surface area contributed by atoms with Crippen molar-refractivity contribution in [2.45, 2.75) is 5.41 Å². The van der Waals surface area contributed by atoms with Gasteiger partial charge in [-0.3, -0.25) is 0 Å². The van der Waals surface area contributed by atoms with E-state index in [2.05, 4.69) is 78.9 Å². The summed E-state index contributed by atoms with van der Waals surface area (Å²) in [7, 11) is 0. The average Bonchev–Trinajstić information content (AvgIpc) is 3.64. The van der Waals surface area contributed by atoms with Crippen molar-refractivity contribution in [1.29, 1.82) is 0 Å². The first-order valence-electron chi connectivity index (χ1n) is 20.6. The fourth-order valence-corrected chi connectivity index (χ4v) is 9.11. The fraction of sp³-hybridized carbons (Fsp3) is 0.0182. The summed E-state index contributed by atoms with van der Waals surface area (Å²) >= 11 is 0. The summed E-state index contributed by atoms with van der Waals surface area (Å²) in [5.74, 6) is 5.04. The normalized spacial score (nSPS) is 14.3. The number of para-hydroxylation sites is 2. The Kier molecular flexibility index (Phi) is 8.25. The predicted octanol–water partition coefficient (Wildman–Crippen LogP) is 12.5. The minimum Gasteiger partial charge on any atom is -0.456 e. The van der Waals surface area contributed by atoms with Crippen LogP contribution in [0.5, 0.6) is 11.5 Å². The third-order valence-electron chi connectivity index (χ3n) is 11.9. The highest BCUT2D eigenvalue weighted by Crippen LogP contribution is 2.63. The molecule has 0 bridgehead atoms. The average molecular weight is 795 g/mol. The van der Waals surface area contributed by atoms with Crippen LogP contribution in [0, 0.1) is 0 Å². The molecule has 62 heavy (non-hydrogen) atoms. The largest absolute Gasteiger partial charge is 0.456 e. The molecule has 2 aromatic heterocycles. The molecule has 2 aliphatic rings. The van der Waals surface area contributed by atoms with Crippen molar-refractivity contribution < 1.29 is 4.74 Å². The molecule has 7 nitrogen and oxygen atoms in total. The SMILES string of the molecule is c1ccc(-c2nc(-c3ccccc3)nc(-c3ccc4c(c3)-c3ccccc3C43c4ccccc4Oc4c(-c5nc(-c6ccccc6)nc(-c6ccccc6)n5)cccc43)n2)cc1. The van der Waals surface area contributed by atoms with Crippen LogP contribution < -0.4 is 4.74 Å². The molecule has 12 rings (SSSR count). The second-order valence-corrected chi connectivity index (χ2v) is 15.4. The number of benzene rings is 8. The van der Waals surface area contributed by atoms with Crippen LogP contribution in [0.15, 0.2) is 206 Å². The summed E-state index contributed by atoms with van der Waals surface area (Å²) in [6.45, 7) is 0. The number of hydrogen-bond acceptors (Lipinski definition) is 7. The van der Waals surface area contributed by atoms with Gasteiger partial charge in [-0.1, -0.05) is 188 Å². The number of aromatic nitrogens is 6. The van der Waals surface area contributed by atoms with Gasteiger partial charge in [-0.15, -0.1) is 0 Å². The van der Waals surface area contributed by atoms with Gasteiger partial charge in [-0.05, 0) is 40.5 Å². The molecule has 0 N–H and O–H groups in total. The standard InChI is InChI=1S/C55H34N6O/c1-5-18-35(19-6-1)49-56-50(36-20-7-2-8-21-36)59-53(58-49)39-32-33-44-42(34-39)40-26-13-14-28-43(40)55(44)45-29-15-16-31-47(45)62-48-41(27-17-30-46(48)55)54-60-51(37-22-9-3-10-23-37)57-52(61-54)38-24-11-4-12-25-38/h1-34H. The Hall–Kier alpha value is -8.42. The number of hydrogen-bond donors (Lipinski definition) is 0. The zero-order valence-electron chi connectivity index (χ0n) is 33.2. The third-order valence-corrected chi connectivity index (χ3v) is 11.9. The van der Waals surface area contributed by atoms with Gasteiger partial charge in [-0.2, -0.15) is 0 Å². The summed E-state index contributed by atoms with van der Waals surface area (Å²) < 4.78 is 7.05. The first-order valence-corrected chi connectivity index (χ1v) is 20.6. The molecule has 1 spiro atoms. The molecule has 0 amide bonds. The molecular weight excluding hydrogens is 761 g/mol. The Bertz CT molecular complexity index is 3210. The Morgan fingerprint density at radius 3 is 1.23 bits per heavy atom. The molecule has 8 aromatic carbocycles. The van der Waals surface area contributed by atoms with E-state index in [1.54, 1.807) is 0 Å². The van der Waals surface area contributed by atoms with Crippen molar-refractivity contribution in [1.82, 2.24) is 29.9 Å². The number of nitrogens with zero attached hydrogens (tertiary/aromatic N) is 6. The van der Waals surface area contributed by atoms with Crippen molar-refractivity contribution >= 4 is 0 Å². The Labute approximate surface area is 358 Å². The summed E-state index contributed by atoms with van der Waals surface area (Å²) in [6.07, 6.45) is 0. The Balaban J connectivity index is 1.08. The van der Waals surface area contributed by atoms with Crippen LogP contribution in [0.2, 0.25) is 0 Å². The summed E-state index contributed by atoms with van der Waals surface area (Å²) in [6, 6.07) is 70.3. The highest BCUT2D eigenvalue weighted by Gasteiger charge is 2.51. The molecule has 290 valence electrons. The minimum atomic E-state index is -0.730. The zero-order chi connectivity index (χ0) is 41.0. The molecule has 3 heterocycles. The highest BCUT2D eigenvalue weighted by atomic mass is 16.5. The maximum Gasteiger partial charge on any atom is 0.167 e. The van der Waals surface area contributed by atoms with Crippen molar-refractivity contribution in [3.05, 3.63) is 229 Å². The minimum absolute atomic E-state index is 0.532. The van der Waals surface area contributed by atoms with Crippen LogP contribution >= 0.6 is 0 Å². The lowest BCUT2D eigenvalue weighted by Crippen LogP contribution is -2.32. The van der Waals surface area contributed by atoms with Gasteiger partial charge in [-0.25, -0.2) is 29.9 Å². The quantitative estimate of drug-likeness (QED) is 0.166. The lowest BCUT2D eigenvalue weighted by atomic mass is 9.65. The molecule has 0 fully saturated rings. The number of rotatable bonds is 6. The van der Waals surface area contributed by atoms with Crippen LogP contribution in [0.25, 0.3) is 79.5 Å². The van der Waals surface area contributed by atoms with Gasteiger partial charge in [0.15, 0.2) is 34.9 Å². The van der Waals surface area contributed by atoms with Crippen LogP contribution in [0.4, 0.5) is 0 Å². The van der Waals surface area contributed by atoms with Gasteiger partial charge in [0.05, 0.1) is 11.0 Å².